The number of benzene rings is 2. The number of hydrogen-bond donors (Lipinski definition) is 0. The van der Waals surface area contributed by atoms with E-state index in [1.165, 1.54) is 12.1 Å². The number of alkyl halides is 3. The average molecular weight is 264 g/mol. The van der Waals surface area contributed by atoms with E-state index in [1.807, 2.05) is 13.0 Å². The molecule has 0 aromatic heterocycles. The van der Waals surface area contributed by atoms with Gasteiger partial charge in [0.1, 0.15) is 0 Å². The van der Waals surface area contributed by atoms with Crippen LogP contribution in [-0.2, 0) is 6.18 Å². The molecule has 0 unspecified atom stereocenters. The Morgan fingerprint density at radius 3 is 2.11 bits per heavy atom. The summed E-state index contributed by atoms with van der Waals surface area (Å²) in [5, 5.41) is 0. The van der Waals surface area contributed by atoms with Crippen LogP contribution in [0, 0.1) is 6.92 Å². The van der Waals surface area contributed by atoms with E-state index < -0.39 is 11.7 Å². The van der Waals surface area contributed by atoms with E-state index in [0.717, 1.165) is 17.7 Å². The molecule has 98 valence electrons. The van der Waals surface area contributed by atoms with E-state index in [0.29, 0.717) is 5.56 Å². The molecule has 1 nitrogen and oxygen atoms in total. The molecule has 0 atom stereocenters. The highest BCUT2D eigenvalue weighted by Crippen LogP contribution is 2.29. The lowest BCUT2D eigenvalue weighted by Crippen LogP contribution is -2.06. The van der Waals surface area contributed by atoms with Crippen LogP contribution in [0.1, 0.15) is 27.0 Å². The van der Waals surface area contributed by atoms with E-state index in [2.05, 4.69) is 0 Å². The van der Waals surface area contributed by atoms with Crippen molar-refractivity contribution in [3.8, 4) is 0 Å². The predicted octanol–water partition coefficient (Wildman–Crippen LogP) is 4.24. The molecule has 0 spiro atoms. The summed E-state index contributed by atoms with van der Waals surface area (Å²) >= 11 is 0. The van der Waals surface area contributed by atoms with Crippen molar-refractivity contribution in [1.29, 1.82) is 0 Å². The summed E-state index contributed by atoms with van der Waals surface area (Å²) in [6.07, 6.45) is -4.38. The lowest BCUT2D eigenvalue weighted by molar-refractivity contribution is -0.137. The van der Waals surface area contributed by atoms with Crippen LogP contribution in [0.4, 0.5) is 13.2 Å². The smallest absolute Gasteiger partial charge is 0.289 e. The summed E-state index contributed by atoms with van der Waals surface area (Å²) in [5.74, 6) is -0.280. The standard InChI is InChI=1S/C15H11F3O/c1-10-3-2-4-12(9-10)14(19)11-5-7-13(8-6-11)15(16,17)18/h2-9H,1H3. The zero-order chi connectivity index (χ0) is 14.0. The Bertz CT molecular complexity index is 598. The van der Waals surface area contributed by atoms with Crippen LogP contribution < -0.4 is 0 Å². The van der Waals surface area contributed by atoms with Gasteiger partial charge in [0, 0.05) is 11.1 Å². The SMILES string of the molecule is Cc1cccc(C(=O)c2ccc(C(F)(F)F)cc2)c1. The van der Waals surface area contributed by atoms with Crippen molar-refractivity contribution in [3.63, 3.8) is 0 Å². The second-order valence-corrected chi connectivity index (χ2v) is 4.27. The molecular weight excluding hydrogens is 253 g/mol. The first-order chi connectivity index (χ1) is 8.88. The maximum Gasteiger partial charge on any atom is 0.416 e. The van der Waals surface area contributed by atoms with Gasteiger partial charge in [0.2, 0.25) is 0 Å². The van der Waals surface area contributed by atoms with Gasteiger partial charge in [-0.1, -0.05) is 35.9 Å². The zero-order valence-electron chi connectivity index (χ0n) is 10.2. The second kappa shape index (κ2) is 4.88. The number of halogens is 3. The first-order valence-electron chi connectivity index (χ1n) is 5.66. The molecule has 0 N–H and O–H groups in total. The Kier molecular flexibility index (Phi) is 3.42. The zero-order valence-corrected chi connectivity index (χ0v) is 10.2. The maximum absolute atomic E-state index is 12.4. The van der Waals surface area contributed by atoms with Crippen LogP contribution in [0.15, 0.2) is 48.5 Å². The van der Waals surface area contributed by atoms with Gasteiger partial charge in [-0.15, -0.1) is 0 Å². The Morgan fingerprint density at radius 2 is 1.58 bits per heavy atom. The van der Waals surface area contributed by atoms with Crippen molar-refractivity contribution in [1.82, 2.24) is 0 Å². The molecule has 0 heterocycles. The summed E-state index contributed by atoms with van der Waals surface area (Å²) in [4.78, 5) is 12.1. The minimum Gasteiger partial charge on any atom is -0.289 e. The Hall–Kier alpha value is -2.10. The maximum atomic E-state index is 12.4. The topological polar surface area (TPSA) is 17.1 Å². The van der Waals surface area contributed by atoms with Gasteiger partial charge in [-0.3, -0.25) is 4.79 Å². The van der Waals surface area contributed by atoms with E-state index >= 15 is 0 Å². The largest absolute Gasteiger partial charge is 0.416 e. The Morgan fingerprint density at radius 1 is 0.947 bits per heavy atom. The molecule has 0 aliphatic rings. The van der Waals surface area contributed by atoms with Crippen LogP contribution in [0.2, 0.25) is 0 Å². The fourth-order valence-electron chi connectivity index (χ4n) is 1.76. The van der Waals surface area contributed by atoms with Gasteiger partial charge < -0.3 is 0 Å². The normalized spacial score (nSPS) is 11.4. The van der Waals surface area contributed by atoms with Crippen LogP contribution in [0.5, 0.6) is 0 Å². The fourth-order valence-corrected chi connectivity index (χ4v) is 1.76. The molecule has 2 aromatic carbocycles. The third kappa shape index (κ3) is 3.02. The van der Waals surface area contributed by atoms with E-state index in [1.54, 1.807) is 18.2 Å². The van der Waals surface area contributed by atoms with E-state index in [-0.39, 0.29) is 11.3 Å². The van der Waals surface area contributed by atoms with E-state index in [4.69, 9.17) is 0 Å². The average Bonchev–Trinajstić information content (AvgIpc) is 2.37. The second-order valence-electron chi connectivity index (χ2n) is 4.27. The molecular formula is C15H11F3O. The number of carbonyl (C=O) groups excluding carboxylic acids is 1. The van der Waals surface area contributed by atoms with Crippen molar-refractivity contribution in [2.45, 2.75) is 13.1 Å². The van der Waals surface area contributed by atoms with E-state index in [9.17, 15) is 18.0 Å². The number of ketones is 1. The highest BCUT2D eigenvalue weighted by Gasteiger charge is 2.30. The molecule has 19 heavy (non-hydrogen) atoms. The first kappa shape index (κ1) is 13.3. The molecule has 0 aliphatic carbocycles. The number of rotatable bonds is 2. The third-order valence-electron chi connectivity index (χ3n) is 2.75. The number of hydrogen-bond acceptors (Lipinski definition) is 1. The van der Waals surface area contributed by atoms with Gasteiger partial charge in [-0.2, -0.15) is 13.2 Å². The molecule has 2 aromatic rings. The van der Waals surface area contributed by atoms with Crippen molar-refractivity contribution in [3.05, 3.63) is 70.8 Å². The lowest BCUT2D eigenvalue weighted by atomic mass is 10.0. The molecule has 0 radical (unpaired) electrons. The van der Waals surface area contributed by atoms with Crippen LogP contribution in [0.3, 0.4) is 0 Å². The highest BCUT2D eigenvalue weighted by molar-refractivity contribution is 6.09. The first-order valence-corrected chi connectivity index (χ1v) is 5.66. The van der Waals surface area contributed by atoms with Crippen LogP contribution >= 0.6 is 0 Å². The van der Waals surface area contributed by atoms with Gasteiger partial charge in [-0.05, 0) is 25.1 Å². The molecule has 0 saturated carbocycles. The molecule has 4 heteroatoms. The fraction of sp³-hybridized carbons (Fsp3) is 0.133. The molecule has 0 amide bonds. The Balaban J connectivity index is 2.30. The number of aryl methyl sites for hydroxylation is 1. The summed E-state index contributed by atoms with van der Waals surface area (Å²) in [6, 6.07) is 11.2. The van der Waals surface area contributed by atoms with Crippen LogP contribution in [0.25, 0.3) is 0 Å². The predicted molar refractivity (Wildman–Crippen MR) is 66.1 cm³/mol. The van der Waals surface area contributed by atoms with Crippen molar-refractivity contribution in [2.24, 2.45) is 0 Å². The van der Waals surface area contributed by atoms with Crippen molar-refractivity contribution >= 4 is 5.78 Å². The minimum absolute atomic E-state index is 0.249. The van der Waals surface area contributed by atoms with Crippen molar-refractivity contribution in [2.75, 3.05) is 0 Å². The molecule has 0 aliphatic heterocycles. The molecule has 0 bridgehead atoms. The quantitative estimate of drug-likeness (QED) is 0.741. The number of carbonyl (C=O) groups is 1. The third-order valence-corrected chi connectivity index (χ3v) is 2.75. The lowest BCUT2D eigenvalue weighted by Gasteiger charge is -2.07. The summed E-state index contributed by atoms with van der Waals surface area (Å²) in [5.41, 5.74) is 0.893. The molecule has 0 saturated heterocycles. The van der Waals surface area contributed by atoms with Gasteiger partial charge in [0.25, 0.3) is 0 Å². The van der Waals surface area contributed by atoms with Crippen molar-refractivity contribution < 1.29 is 18.0 Å². The van der Waals surface area contributed by atoms with Gasteiger partial charge in [-0.25, -0.2) is 0 Å². The van der Waals surface area contributed by atoms with Gasteiger partial charge in [0.05, 0.1) is 5.56 Å². The summed E-state index contributed by atoms with van der Waals surface area (Å²) in [7, 11) is 0. The molecule has 2 rings (SSSR count). The highest BCUT2D eigenvalue weighted by atomic mass is 19.4. The van der Waals surface area contributed by atoms with Gasteiger partial charge in [0.15, 0.2) is 5.78 Å². The Labute approximate surface area is 108 Å². The van der Waals surface area contributed by atoms with Crippen LogP contribution in [-0.4, -0.2) is 5.78 Å². The monoisotopic (exact) mass is 264 g/mol. The molecule has 0 fully saturated rings. The van der Waals surface area contributed by atoms with Gasteiger partial charge >= 0.3 is 6.18 Å². The summed E-state index contributed by atoms with van der Waals surface area (Å²) < 4.78 is 37.2. The summed E-state index contributed by atoms with van der Waals surface area (Å²) in [6.45, 7) is 1.85. The minimum atomic E-state index is -4.38.